The molecule has 0 amide bonds. The number of alkyl halides is 3. The Morgan fingerprint density at radius 1 is 1.24 bits per heavy atom. The summed E-state index contributed by atoms with van der Waals surface area (Å²) in [7, 11) is 0. The maximum atomic E-state index is 12.0. The standard InChI is InChI=1S/C8H3Cl3F3NO2/c9-2-1-3(10)6(4(11)5(2)15)17-7(16)8(12,13)14/h1H,15H2. The summed E-state index contributed by atoms with van der Waals surface area (Å²) < 4.78 is 39.9. The van der Waals surface area contributed by atoms with Crippen molar-refractivity contribution in [3.05, 3.63) is 21.1 Å². The summed E-state index contributed by atoms with van der Waals surface area (Å²) in [6, 6.07) is 1.02. The highest BCUT2D eigenvalue weighted by Crippen LogP contribution is 2.42. The number of hydrogen-bond acceptors (Lipinski definition) is 3. The zero-order valence-electron chi connectivity index (χ0n) is 7.74. The van der Waals surface area contributed by atoms with Gasteiger partial charge < -0.3 is 10.5 Å². The van der Waals surface area contributed by atoms with Crippen LogP contribution in [-0.4, -0.2) is 12.1 Å². The molecule has 1 aromatic rings. The first kappa shape index (κ1) is 14.2. The molecule has 94 valence electrons. The number of hydrogen-bond donors (Lipinski definition) is 1. The van der Waals surface area contributed by atoms with Gasteiger partial charge >= 0.3 is 12.1 Å². The normalized spacial score (nSPS) is 11.4. The molecule has 0 aromatic heterocycles. The highest BCUT2D eigenvalue weighted by molar-refractivity contribution is 6.43. The Morgan fingerprint density at radius 2 is 1.76 bits per heavy atom. The van der Waals surface area contributed by atoms with E-state index in [-0.39, 0.29) is 15.7 Å². The van der Waals surface area contributed by atoms with Crippen LogP contribution in [-0.2, 0) is 4.79 Å². The largest absolute Gasteiger partial charge is 0.491 e. The molecule has 1 rings (SSSR count). The molecular formula is C8H3Cl3F3NO2. The van der Waals surface area contributed by atoms with Crippen LogP contribution in [0.5, 0.6) is 5.75 Å². The van der Waals surface area contributed by atoms with Gasteiger partial charge in [-0.15, -0.1) is 0 Å². The first-order valence-electron chi connectivity index (χ1n) is 3.86. The molecule has 0 saturated carbocycles. The molecule has 0 saturated heterocycles. The fraction of sp³-hybridized carbons (Fsp3) is 0.125. The molecule has 0 atom stereocenters. The molecule has 0 heterocycles. The molecule has 17 heavy (non-hydrogen) atoms. The van der Waals surface area contributed by atoms with Crippen LogP contribution >= 0.6 is 34.8 Å². The van der Waals surface area contributed by atoms with Crippen molar-refractivity contribution in [1.29, 1.82) is 0 Å². The van der Waals surface area contributed by atoms with Gasteiger partial charge in [0, 0.05) is 0 Å². The van der Waals surface area contributed by atoms with E-state index in [0.29, 0.717) is 0 Å². The van der Waals surface area contributed by atoms with Crippen LogP contribution in [0.1, 0.15) is 0 Å². The van der Waals surface area contributed by atoms with E-state index in [4.69, 9.17) is 40.5 Å². The Balaban J connectivity index is 3.17. The second kappa shape index (κ2) is 4.80. The number of nitrogen functional groups attached to an aromatic ring is 1. The van der Waals surface area contributed by atoms with E-state index in [1.807, 2.05) is 0 Å². The smallest absolute Gasteiger partial charge is 0.417 e. The third-order valence-electron chi connectivity index (χ3n) is 1.59. The first-order valence-corrected chi connectivity index (χ1v) is 5.00. The summed E-state index contributed by atoms with van der Waals surface area (Å²) in [5.41, 5.74) is 5.11. The minimum atomic E-state index is -5.17. The number of rotatable bonds is 1. The number of esters is 1. The molecule has 0 aliphatic heterocycles. The Hall–Kier alpha value is -0.850. The van der Waals surface area contributed by atoms with Crippen LogP contribution in [0, 0.1) is 0 Å². The molecule has 0 aliphatic rings. The van der Waals surface area contributed by atoms with Crippen molar-refractivity contribution in [3.8, 4) is 5.75 Å². The van der Waals surface area contributed by atoms with E-state index in [1.54, 1.807) is 0 Å². The highest BCUT2D eigenvalue weighted by atomic mass is 35.5. The highest BCUT2D eigenvalue weighted by Gasteiger charge is 2.42. The monoisotopic (exact) mass is 307 g/mol. The van der Waals surface area contributed by atoms with Gasteiger partial charge in [0.2, 0.25) is 0 Å². The predicted octanol–water partition coefficient (Wildman–Crippen LogP) is 3.70. The van der Waals surface area contributed by atoms with Gasteiger partial charge in [-0.05, 0) is 6.07 Å². The number of anilines is 1. The summed E-state index contributed by atoms with van der Waals surface area (Å²) in [5.74, 6) is -3.14. The number of carbonyl (C=O) groups excluding carboxylic acids is 1. The average Bonchev–Trinajstić information content (AvgIpc) is 2.19. The third kappa shape index (κ3) is 3.08. The molecule has 0 aliphatic carbocycles. The van der Waals surface area contributed by atoms with Gasteiger partial charge in [-0.3, -0.25) is 0 Å². The number of nitrogens with two attached hydrogens (primary N) is 1. The molecule has 9 heteroatoms. The molecule has 0 spiro atoms. The lowest BCUT2D eigenvalue weighted by Gasteiger charge is -2.12. The summed E-state index contributed by atoms with van der Waals surface area (Å²) in [6.07, 6.45) is -5.17. The Labute approximate surface area is 108 Å². The van der Waals surface area contributed by atoms with Crippen molar-refractivity contribution in [1.82, 2.24) is 0 Å². The van der Waals surface area contributed by atoms with Gasteiger partial charge in [0.15, 0.2) is 5.75 Å². The van der Waals surface area contributed by atoms with E-state index in [1.165, 1.54) is 0 Å². The summed E-state index contributed by atoms with van der Waals surface area (Å²) in [5, 5.41) is -0.876. The number of benzene rings is 1. The Kier molecular flexibility index (Phi) is 4.01. The quantitative estimate of drug-likeness (QED) is 0.489. The van der Waals surface area contributed by atoms with Crippen molar-refractivity contribution < 1.29 is 22.7 Å². The lowest BCUT2D eigenvalue weighted by molar-refractivity contribution is -0.189. The molecule has 0 unspecified atom stereocenters. The molecule has 2 N–H and O–H groups in total. The zero-order valence-corrected chi connectivity index (χ0v) is 10.0. The molecular weight excluding hydrogens is 305 g/mol. The Morgan fingerprint density at radius 3 is 2.24 bits per heavy atom. The molecule has 0 radical (unpaired) electrons. The minimum absolute atomic E-state index is 0.0631. The number of ether oxygens (including phenoxy) is 1. The van der Waals surface area contributed by atoms with Crippen molar-refractivity contribution in [3.63, 3.8) is 0 Å². The van der Waals surface area contributed by atoms with Gasteiger partial charge in [-0.2, -0.15) is 13.2 Å². The van der Waals surface area contributed by atoms with Gasteiger partial charge in [-0.25, -0.2) is 4.79 Å². The SMILES string of the molecule is Nc1c(Cl)cc(Cl)c(OC(=O)C(F)(F)F)c1Cl. The van der Waals surface area contributed by atoms with E-state index in [2.05, 4.69) is 4.74 Å². The second-order valence-electron chi connectivity index (χ2n) is 2.78. The molecule has 1 aromatic carbocycles. The van der Waals surface area contributed by atoms with E-state index >= 15 is 0 Å². The fourth-order valence-corrected chi connectivity index (χ4v) is 1.67. The first-order chi connectivity index (χ1) is 7.64. The third-order valence-corrected chi connectivity index (χ3v) is 2.56. The van der Waals surface area contributed by atoms with Gasteiger partial charge in [0.05, 0.1) is 15.7 Å². The number of halogens is 6. The van der Waals surface area contributed by atoms with E-state index in [0.717, 1.165) is 6.07 Å². The lowest BCUT2D eigenvalue weighted by Crippen LogP contribution is -2.28. The topological polar surface area (TPSA) is 52.3 Å². The van der Waals surface area contributed by atoms with E-state index < -0.39 is 22.9 Å². The molecule has 0 bridgehead atoms. The molecule has 3 nitrogen and oxygen atoms in total. The summed E-state index contributed by atoms with van der Waals surface area (Å²) >= 11 is 16.7. The second-order valence-corrected chi connectivity index (χ2v) is 3.98. The van der Waals surface area contributed by atoms with Crippen molar-refractivity contribution in [2.75, 3.05) is 5.73 Å². The fourth-order valence-electron chi connectivity index (χ4n) is 0.831. The van der Waals surface area contributed by atoms with E-state index in [9.17, 15) is 18.0 Å². The number of carbonyl (C=O) groups is 1. The van der Waals surface area contributed by atoms with Crippen LogP contribution in [0.2, 0.25) is 15.1 Å². The molecule has 0 fully saturated rings. The van der Waals surface area contributed by atoms with Crippen molar-refractivity contribution in [2.24, 2.45) is 0 Å². The van der Waals surface area contributed by atoms with Crippen LogP contribution in [0.15, 0.2) is 6.07 Å². The maximum absolute atomic E-state index is 12.0. The predicted molar refractivity (Wildman–Crippen MR) is 57.6 cm³/mol. The van der Waals surface area contributed by atoms with Crippen LogP contribution in [0.4, 0.5) is 18.9 Å². The maximum Gasteiger partial charge on any atom is 0.491 e. The van der Waals surface area contributed by atoms with Crippen molar-refractivity contribution >= 4 is 46.5 Å². The van der Waals surface area contributed by atoms with Gasteiger partial charge in [0.1, 0.15) is 5.02 Å². The minimum Gasteiger partial charge on any atom is -0.417 e. The van der Waals surface area contributed by atoms with Gasteiger partial charge in [0.25, 0.3) is 0 Å². The summed E-state index contributed by atoms with van der Waals surface area (Å²) in [6.45, 7) is 0. The lowest BCUT2D eigenvalue weighted by atomic mass is 10.3. The van der Waals surface area contributed by atoms with Crippen LogP contribution in [0.25, 0.3) is 0 Å². The zero-order chi connectivity index (χ0) is 13.4. The Bertz CT molecular complexity index is 476. The average molecular weight is 308 g/mol. The van der Waals surface area contributed by atoms with Crippen LogP contribution in [0.3, 0.4) is 0 Å². The summed E-state index contributed by atoms with van der Waals surface area (Å²) in [4.78, 5) is 10.6. The van der Waals surface area contributed by atoms with Crippen LogP contribution < -0.4 is 10.5 Å². The van der Waals surface area contributed by atoms with Gasteiger partial charge in [-0.1, -0.05) is 34.8 Å². The van der Waals surface area contributed by atoms with Crippen molar-refractivity contribution in [2.45, 2.75) is 6.18 Å².